The third-order valence-corrected chi connectivity index (χ3v) is 1.63. The molecular formula is C9H14O2. The molecule has 11 heavy (non-hydrogen) atoms. The van der Waals surface area contributed by atoms with Crippen LogP contribution in [0.15, 0.2) is 22.8 Å². The molecule has 0 fully saturated rings. The van der Waals surface area contributed by atoms with Gasteiger partial charge in [-0.05, 0) is 17.5 Å². The van der Waals surface area contributed by atoms with Crippen LogP contribution in [0.4, 0.5) is 0 Å². The summed E-state index contributed by atoms with van der Waals surface area (Å²) < 4.78 is 5.07. The van der Waals surface area contributed by atoms with Crippen molar-refractivity contribution in [1.82, 2.24) is 0 Å². The quantitative estimate of drug-likeness (QED) is 0.673. The number of aliphatic hydroxyl groups excluding tert-OH is 1. The fraction of sp³-hybridized carbons (Fsp3) is 0.556. The minimum Gasteiger partial charge on any atom is -0.467 e. The van der Waals surface area contributed by atoms with E-state index < -0.39 is 6.10 Å². The fourth-order valence-electron chi connectivity index (χ4n) is 0.874. The Morgan fingerprint density at radius 1 is 1.45 bits per heavy atom. The Balaban J connectivity index is 2.78. The third-order valence-electron chi connectivity index (χ3n) is 1.63. The van der Waals surface area contributed by atoms with Crippen LogP contribution in [0.25, 0.3) is 0 Å². The van der Waals surface area contributed by atoms with Gasteiger partial charge in [0.05, 0.1) is 6.26 Å². The molecule has 0 aliphatic heterocycles. The Kier molecular flexibility index (Phi) is 2.05. The summed E-state index contributed by atoms with van der Waals surface area (Å²) in [5.41, 5.74) is -0.155. The Hall–Kier alpha value is -0.760. The first-order chi connectivity index (χ1) is 5.02. The van der Waals surface area contributed by atoms with E-state index >= 15 is 0 Å². The predicted molar refractivity (Wildman–Crippen MR) is 43.1 cm³/mol. The Labute approximate surface area is 66.8 Å². The lowest BCUT2D eigenvalue weighted by Gasteiger charge is -2.23. The zero-order chi connectivity index (χ0) is 8.48. The molecule has 1 aromatic heterocycles. The number of hydrogen-bond donors (Lipinski definition) is 1. The average molecular weight is 154 g/mol. The summed E-state index contributed by atoms with van der Waals surface area (Å²) in [5.74, 6) is 0.637. The van der Waals surface area contributed by atoms with E-state index in [1.165, 1.54) is 0 Å². The van der Waals surface area contributed by atoms with Gasteiger partial charge in [-0.2, -0.15) is 0 Å². The van der Waals surface area contributed by atoms with E-state index in [0.29, 0.717) is 5.76 Å². The normalized spacial score (nSPS) is 14.9. The van der Waals surface area contributed by atoms with Crippen LogP contribution in [0, 0.1) is 5.41 Å². The third kappa shape index (κ3) is 1.84. The molecule has 0 aromatic carbocycles. The molecule has 0 aliphatic rings. The van der Waals surface area contributed by atoms with Crippen molar-refractivity contribution in [3.8, 4) is 0 Å². The number of aliphatic hydroxyl groups is 1. The SMILES string of the molecule is CC(C)(C)C(O)c1ccco1. The molecule has 0 aliphatic carbocycles. The maximum atomic E-state index is 9.65. The molecule has 0 spiro atoms. The summed E-state index contributed by atoms with van der Waals surface area (Å²) in [6.45, 7) is 5.92. The van der Waals surface area contributed by atoms with Crippen LogP contribution in [-0.2, 0) is 0 Å². The van der Waals surface area contributed by atoms with Gasteiger partial charge in [-0.25, -0.2) is 0 Å². The maximum absolute atomic E-state index is 9.65. The molecule has 0 bridgehead atoms. The second-order valence-electron chi connectivity index (χ2n) is 3.78. The molecule has 1 rings (SSSR count). The Morgan fingerprint density at radius 2 is 2.09 bits per heavy atom. The van der Waals surface area contributed by atoms with E-state index in [-0.39, 0.29) is 5.41 Å². The molecule has 1 atom stereocenters. The van der Waals surface area contributed by atoms with Crippen molar-refractivity contribution < 1.29 is 9.52 Å². The van der Waals surface area contributed by atoms with E-state index in [1.807, 2.05) is 20.8 Å². The highest BCUT2D eigenvalue weighted by Crippen LogP contribution is 2.32. The van der Waals surface area contributed by atoms with E-state index in [4.69, 9.17) is 4.42 Å². The van der Waals surface area contributed by atoms with Gasteiger partial charge in [0.1, 0.15) is 11.9 Å². The Bertz CT molecular complexity index is 206. The summed E-state index contributed by atoms with van der Waals surface area (Å²) in [7, 11) is 0. The second-order valence-corrected chi connectivity index (χ2v) is 3.78. The first-order valence-electron chi connectivity index (χ1n) is 3.73. The molecule has 2 nitrogen and oxygen atoms in total. The standard InChI is InChI=1S/C9H14O2/c1-9(2,3)8(10)7-5-4-6-11-7/h4-6,8,10H,1-3H3. The molecule has 0 amide bonds. The smallest absolute Gasteiger partial charge is 0.132 e. The lowest BCUT2D eigenvalue weighted by Crippen LogP contribution is -2.16. The largest absolute Gasteiger partial charge is 0.467 e. The fourth-order valence-corrected chi connectivity index (χ4v) is 0.874. The zero-order valence-electron chi connectivity index (χ0n) is 7.16. The van der Waals surface area contributed by atoms with Gasteiger partial charge < -0.3 is 9.52 Å². The number of rotatable bonds is 1. The summed E-state index contributed by atoms with van der Waals surface area (Å²) >= 11 is 0. The van der Waals surface area contributed by atoms with Gasteiger partial charge in [0, 0.05) is 0 Å². The molecule has 1 aromatic rings. The lowest BCUT2D eigenvalue weighted by atomic mass is 9.88. The Morgan fingerprint density at radius 3 is 2.45 bits per heavy atom. The van der Waals surface area contributed by atoms with E-state index in [2.05, 4.69) is 0 Å². The number of furan rings is 1. The highest BCUT2D eigenvalue weighted by molar-refractivity contribution is 5.04. The van der Waals surface area contributed by atoms with Gasteiger partial charge in [0.2, 0.25) is 0 Å². The van der Waals surface area contributed by atoms with Gasteiger partial charge >= 0.3 is 0 Å². The summed E-state index contributed by atoms with van der Waals surface area (Å²) in [6.07, 6.45) is 1.06. The zero-order valence-corrected chi connectivity index (χ0v) is 7.16. The van der Waals surface area contributed by atoms with Crippen LogP contribution in [-0.4, -0.2) is 5.11 Å². The van der Waals surface area contributed by atoms with E-state index in [1.54, 1.807) is 18.4 Å². The molecule has 62 valence electrons. The number of hydrogen-bond acceptors (Lipinski definition) is 2. The maximum Gasteiger partial charge on any atom is 0.132 e. The summed E-state index contributed by atoms with van der Waals surface area (Å²) in [6, 6.07) is 3.57. The van der Waals surface area contributed by atoms with E-state index in [9.17, 15) is 5.11 Å². The van der Waals surface area contributed by atoms with E-state index in [0.717, 1.165) is 0 Å². The molecule has 2 heteroatoms. The summed E-state index contributed by atoms with van der Waals surface area (Å²) in [5, 5.41) is 9.65. The summed E-state index contributed by atoms with van der Waals surface area (Å²) in [4.78, 5) is 0. The molecule has 0 saturated heterocycles. The van der Waals surface area contributed by atoms with Crippen molar-refractivity contribution in [3.63, 3.8) is 0 Å². The van der Waals surface area contributed by atoms with Crippen molar-refractivity contribution in [3.05, 3.63) is 24.2 Å². The predicted octanol–water partition coefficient (Wildman–Crippen LogP) is 2.36. The van der Waals surface area contributed by atoms with Crippen LogP contribution in [0.3, 0.4) is 0 Å². The van der Waals surface area contributed by atoms with Crippen LogP contribution < -0.4 is 0 Å². The first-order valence-corrected chi connectivity index (χ1v) is 3.73. The van der Waals surface area contributed by atoms with Crippen molar-refractivity contribution in [2.24, 2.45) is 5.41 Å². The highest BCUT2D eigenvalue weighted by Gasteiger charge is 2.25. The van der Waals surface area contributed by atoms with Gasteiger partial charge in [-0.15, -0.1) is 0 Å². The minimum atomic E-state index is -0.516. The molecule has 0 radical (unpaired) electrons. The minimum absolute atomic E-state index is 0.155. The first kappa shape index (κ1) is 8.34. The average Bonchev–Trinajstić information content (AvgIpc) is 2.34. The molecule has 1 heterocycles. The molecule has 0 saturated carbocycles. The van der Waals surface area contributed by atoms with Crippen molar-refractivity contribution in [1.29, 1.82) is 0 Å². The lowest BCUT2D eigenvalue weighted by molar-refractivity contribution is 0.0434. The van der Waals surface area contributed by atoms with Gasteiger partial charge in [0.15, 0.2) is 0 Å². The van der Waals surface area contributed by atoms with Crippen LogP contribution in [0.2, 0.25) is 0 Å². The van der Waals surface area contributed by atoms with Crippen LogP contribution in [0.1, 0.15) is 32.6 Å². The topological polar surface area (TPSA) is 33.4 Å². The van der Waals surface area contributed by atoms with Gasteiger partial charge in [-0.1, -0.05) is 20.8 Å². The molecular weight excluding hydrogens is 140 g/mol. The monoisotopic (exact) mass is 154 g/mol. The van der Waals surface area contributed by atoms with Crippen LogP contribution >= 0.6 is 0 Å². The van der Waals surface area contributed by atoms with Crippen molar-refractivity contribution in [2.45, 2.75) is 26.9 Å². The van der Waals surface area contributed by atoms with Gasteiger partial charge in [-0.3, -0.25) is 0 Å². The van der Waals surface area contributed by atoms with Crippen molar-refractivity contribution >= 4 is 0 Å². The van der Waals surface area contributed by atoms with Crippen LogP contribution in [0.5, 0.6) is 0 Å². The highest BCUT2D eigenvalue weighted by atomic mass is 16.4. The van der Waals surface area contributed by atoms with Crippen molar-refractivity contribution in [2.75, 3.05) is 0 Å². The second kappa shape index (κ2) is 2.70. The van der Waals surface area contributed by atoms with Gasteiger partial charge in [0.25, 0.3) is 0 Å². The molecule has 1 unspecified atom stereocenters. The molecule has 1 N–H and O–H groups in total.